The zero-order chi connectivity index (χ0) is 28.7. The number of ketones is 1. The normalized spacial score (nSPS) is 21.0. The summed E-state index contributed by atoms with van der Waals surface area (Å²) in [6.45, 7) is 1.97. The van der Waals surface area contributed by atoms with Gasteiger partial charge in [-0.1, -0.05) is 84.4 Å². The first-order valence-corrected chi connectivity index (χ1v) is 13.7. The fraction of sp³-hybridized carbons (Fsp3) is 0.182. The zero-order valence-electron chi connectivity index (χ0n) is 22.6. The number of hydrogen-bond acceptors (Lipinski definition) is 4. The molecule has 8 heteroatoms. The minimum Gasteiger partial charge on any atom is -0.496 e. The van der Waals surface area contributed by atoms with Gasteiger partial charge in [-0.2, -0.15) is 0 Å². The molecule has 2 heterocycles. The molecular formula is C33H28ClN3O4. The van der Waals surface area contributed by atoms with Crippen LogP contribution in [0.5, 0.6) is 5.75 Å². The van der Waals surface area contributed by atoms with Crippen LogP contribution in [0.3, 0.4) is 0 Å². The first-order valence-electron chi connectivity index (χ1n) is 13.3. The molecule has 0 aliphatic carbocycles. The van der Waals surface area contributed by atoms with Gasteiger partial charge in [-0.3, -0.25) is 9.59 Å². The molecule has 3 unspecified atom stereocenters. The molecule has 6 rings (SSSR count). The quantitative estimate of drug-likeness (QED) is 0.266. The van der Waals surface area contributed by atoms with E-state index in [9.17, 15) is 14.4 Å². The molecule has 2 aliphatic rings. The number of aryl methyl sites for hydroxylation is 1. The van der Waals surface area contributed by atoms with E-state index in [1.807, 2.05) is 61.5 Å². The van der Waals surface area contributed by atoms with Crippen LogP contribution < -0.4 is 15.4 Å². The van der Waals surface area contributed by atoms with E-state index >= 15 is 0 Å². The average Bonchev–Trinajstić information content (AvgIpc) is 3.50. The summed E-state index contributed by atoms with van der Waals surface area (Å²) < 4.78 is 5.71. The van der Waals surface area contributed by atoms with Gasteiger partial charge in [0.25, 0.3) is 5.91 Å². The van der Waals surface area contributed by atoms with Crippen molar-refractivity contribution in [3.05, 3.63) is 124 Å². The standard InChI is InChI=1S/C33H28ClN3O4/c1-20-16-17-22(18-26(20)34)35-32(40)37-19-24(23-12-6-9-15-28(23)41-2)29(30(38)21-10-4-3-5-11-21)33(37)25-13-7-8-14-27(25)36-31(33)39/h3-18,24,29H,19H2,1-2H3,(H,35,40)(H,36,39). The first kappa shape index (κ1) is 26.6. The molecule has 4 aromatic rings. The Labute approximate surface area is 243 Å². The molecule has 0 aromatic heterocycles. The minimum atomic E-state index is -1.62. The van der Waals surface area contributed by atoms with Crippen LogP contribution in [0.25, 0.3) is 0 Å². The van der Waals surface area contributed by atoms with Gasteiger partial charge in [0, 0.05) is 40.0 Å². The number of benzene rings is 4. The van der Waals surface area contributed by atoms with Crippen LogP contribution in [0.15, 0.2) is 97.1 Å². The number of Topliss-reactive ketones (excluding diaryl/α,β-unsaturated/α-hetero) is 1. The molecule has 4 aromatic carbocycles. The lowest BCUT2D eigenvalue weighted by molar-refractivity contribution is -0.126. The lowest BCUT2D eigenvalue weighted by atomic mass is 9.70. The Kier molecular flexibility index (Phi) is 6.75. The highest BCUT2D eigenvalue weighted by molar-refractivity contribution is 6.31. The number of para-hydroxylation sites is 2. The number of halogens is 1. The third-order valence-electron chi connectivity index (χ3n) is 8.14. The second-order valence-corrected chi connectivity index (χ2v) is 10.7. The first-order chi connectivity index (χ1) is 19.9. The van der Waals surface area contributed by atoms with Crippen molar-refractivity contribution in [3.8, 4) is 5.75 Å². The third-order valence-corrected chi connectivity index (χ3v) is 8.54. The number of anilines is 2. The van der Waals surface area contributed by atoms with Crippen molar-refractivity contribution in [1.29, 1.82) is 0 Å². The second-order valence-electron chi connectivity index (χ2n) is 10.3. The average molecular weight is 566 g/mol. The Morgan fingerprint density at radius 3 is 2.44 bits per heavy atom. The maximum absolute atomic E-state index is 14.6. The van der Waals surface area contributed by atoms with Crippen LogP contribution >= 0.6 is 11.6 Å². The summed E-state index contributed by atoms with van der Waals surface area (Å²) in [5.41, 5.74) is 2.09. The number of carbonyl (C=O) groups excluding carboxylic acids is 3. The number of carbonyl (C=O) groups is 3. The van der Waals surface area contributed by atoms with E-state index < -0.39 is 29.3 Å². The maximum atomic E-state index is 14.6. The highest BCUT2D eigenvalue weighted by atomic mass is 35.5. The van der Waals surface area contributed by atoms with Crippen molar-refractivity contribution in [2.45, 2.75) is 18.4 Å². The SMILES string of the molecule is COc1ccccc1C1CN(C(=O)Nc2ccc(C)c(Cl)c2)C2(C(=O)Nc3ccccc32)C1C(=O)c1ccccc1. The molecule has 0 radical (unpaired) electrons. The van der Waals surface area contributed by atoms with E-state index in [1.165, 1.54) is 4.90 Å². The number of fused-ring (bicyclic) bond motifs is 2. The van der Waals surface area contributed by atoms with Crippen molar-refractivity contribution >= 4 is 40.7 Å². The monoisotopic (exact) mass is 565 g/mol. The van der Waals surface area contributed by atoms with Gasteiger partial charge in [-0.05, 0) is 42.3 Å². The molecule has 7 nitrogen and oxygen atoms in total. The highest BCUT2D eigenvalue weighted by Crippen LogP contribution is 2.57. The summed E-state index contributed by atoms with van der Waals surface area (Å²) in [7, 11) is 1.57. The predicted octanol–water partition coefficient (Wildman–Crippen LogP) is 6.64. The van der Waals surface area contributed by atoms with E-state index in [2.05, 4.69) is 10.6 Å². The summed E-state index contributed by atoms with van der Waals surface area (Å²) >= 11 is 6.35. The number of amides is 3. The van der Waals surface area contributed by atoms with Crippen molar-refractivity contribution in [2.24, 2.45) is 5.92 Å². The zero-order valence-corrected chi connectivity index (χ0v) is 23.3. The summed E-state index contributed by atoms with van der Waals surface area (Å²) in [6, 6.07) is 28.3. The molecule has 41 heavy (non-hydrogen) atoms. The molecule has 2 aliphatic heterocycles. The Bertz CT molecular complexity index is 1670. The molecule has 3 amide bonds. The van der Waals surface area contributed by atoms with Crippen LogP contribution in [-0.2, 0) is 10.3 Å². The number of nitrogens with one attached hydrogen (secondary N) is 2. The molecular weight excluding hydrogens is 538 g/mol. The summed E-state index contributed by atoms with van der Waals surface area (Å²) in [5.74, 6) is -1.58. The van der Waals surface area contributed by atoms with Gasteiger partial charge in [0.1, 0.15) is 5.75 Å². The summed E-state index contributed by atoms with van der Waals surface area (Å²) in [5, 5.41) is 6.41. The molecule has 2 N–H and O–H groups in total. The van der Waals surface area contributed by atoms with E-state index in [1.54, 1.807) is 49.6 Å². The number of nitrogens with zero attached hydrogens (tertiary/aromatic N) is 1. The van der Waals surface area contributed by atoms with Crippen LogP contribution in [-0.4, -0.2) is 36.3 Å². The molecule has 206 valence electrons. The van der Waals surface area contributed by atoms with Gasteiger partial charge in [0.15, 0.2) is 11.3 Å². The number of methoxy groups -OCH3 is 1. The number of ether oxygens (including phenoxy) is 1. The maximum Gasteiger partial charge on any atom is 0.323 e. The van der Waals surface area contributed by atoms with Crippen molar-refractivity contribution in [2.75, 3.05) is 24.3 Å². The fourth-order valence-electron chi connectivity index (χ4n) is 6.26. The van der Waals surface area contributed by atoms with Crippen LogP contribution in [0.1, 0.15) is 33.0 Å². The Hall–Kier alpha value is -4.62. The van der Waals surface area contributed by atoms with Gasteiger partial charge in [0.2, 0.25) is 0 Å². The lowest BCUT2D eigenvalue weighted by Gasteiger charge is -2.37. The molecule has 1 fully saturated rings. The van der Waals surface area contributed by atoms with Crippen LogP contribution in [0.2, 0.25) is 5.02 Å². The highest BCUT2D eigenvalue weighted by Gasteiger charge is 2.67. The largest absolute Gasteiger partial charge is 0.496 e. The van der Waals surface area contributed by atoms with Gasteiger partial charge in [-0.25, -0.2) is 4.79 Å². The van der Waals surface area contributed by atoms with Crippen molar-refractivity contribution < 1.29 is 19.1 Å². The molecule has 0 bridgehead atoms. The summed E-state index contributed by atoms with van der Waals surface area (Å²) in [4.78, 5) is 44.5. The van der Waals surface area contributed by atoms with E-state index in [0.717, 1.165) is 11.1 Å². The van der Waals surface area contributed by atoms with Crippen molar-refractivity contribution in [1.82, 2.24) is 4.90 Å². The molecule has 0 saturated carbocycles. The Morgan fingerprint density at radius 1 is 0.976 bits per heavy atom. The van der Waals surface area contributed by atoms with Gasteiger partial charge in [-0.15, -0.1) is 0 Å². The molecule has 1 saturated heterocycles. The van der Waals surface area contributed by atoms with Gasteiger partial charge < -0.3 is 20.3 Å². The van der Waals surface area contributed by atoms with E-state index in [-0.39, 0.29) is 12.3 Å². The van der Waals surface area contributed by atoms with Crippen LogP contribution in [0.4, 0.5) is 16.2 Å². The summed E-state index contributed by atoms with van der Waals surface area (Å²) in [6.07, 6.45) is 0. The third kappa shape index (κ3) is 4.24. The van der Waals surface area contributed by atoms with E-state index in [4.69, 9.17) is 16.3 Å². The van der Waals surface area contributed by atoms with Crippen molar-refractivity contribution in [3.63, 3.8) is 0 Å². The Morgan fingerprint density at radius 2 is 1.68 bits per heavy atom. The fourth-order valence-corrected chi connectivity index (χ4v) is 6.44. The van der Waals surface area contributed by atoms with Gasteiger partial charge in [0.05, 0.1) is 13.0 Å². The van der Waals surface area contributed by atoms with E-state index in [0.29, 0.717) is 33.3 Å². The predicted molar refractivity (Wildman–Crippen MR) is 159 cm³/mol. The number of rotatable bonds is 5. The van der Waals surface area contributed by atoms with Crippen LogP contribution in [0, 0.1) is 12.8 Å². The Balaban J connectivity index is 1.57. The minimum absolute atomic E-state index is 0.0940. The number of urea groups is 1. The number of hydrogen-bond donors (Lipinski definition) is 2. The number of likely N-dealkylation sites (tertiary alicyclic amines) is 1. The lowest BCUT2D eigenvalue weighted by Crippen LogP contribution is -2.55. The molecule has 3 atom stereocenters. The second kappa shape index (κ2) is 10.4. The smallest absolute Gasteiger partial charge is 0.323 e. The molecule has 1 spiro atoms. The topological polar surface area (TPSA) is 87.7 Å². The van der Waals surface area contributed by atoms with Gasteiger partial charge >= 0.3 is 6.03 Å².